The van der Waals surface area contributed by atoms with E-state index >= 15 is 0 Å². The average Bonchev–Trinajstić information content (AvgIpc) is 3.16. The molecule has 114 valence electrons. The second-order valence-corrected chi connectivity index (χ2v) is 6.34. The van der Waals surface area contributed by atoms with Crippen molar-refractivity contribution in [2.24, 2.45) is 0 Å². The standard InChI is InChI=1S/C19H17N3S/c1-2-13-8-10-14(11-9-13)16-12-23-19-21-17(18(20)22(16)19)15-6-4-3-5-7-15/h3-12H,2,20H2,1H3. The summed E-state index contributed by atoms with van der Waals surface area (Å²) in [7, 11) is 0. The Kier molecular flexibility index (Phi) is 3.39. The molecule has 4 rings (SSSR count). The number of hydrogen-bond donors (Lipinski definition) is 1. The molecule has 2 N–H and O–H groups in total. The Morgan fingerprint density at radius 3 is 2.43 bits per heavy atom. The molecule has 0 spiro atoms. The second kappa shape index (κ2) is 5.56. The maximum atomic E-state index is 6.42. The molecule has 0 saturated carbocycles. The van der Waals surface area contributed by atoms with Gasteiger partial charge >= 0.3 is 0 Å². The zero-order valence-electron chi connectivity index (χ0n) is 12.9. The largest absolute Gasteiger partial charge is 0.383 e. The van der Waals surface area contributed by atoms with Gasteiger partial charge in [-0.2, -0.15) is 0 Å². The van der Waals surface area contributed by atoms with Crippen molar-refractivity contribution >= 4 is 22.1 Å². The van der Waals surface area contributed by atoms with E-state index < -0.39 is 0 Å². The molecule has 23 heavy (non-hydrogen) atoms. The molecule has 3 nitrogen and oxygen atoms in total. The number of nitrogen functional groups attached to an aromatic ring is 1. The maximum absolute atomic E-state index is 6.42. The summed E-state index contributed by atoms with van der Waals surface area (Å²) < 4.78 is 2.05. The molecule has 0 radical (unpaired) electrons. The minimum Gasteiger partial charge on any atom is -0.383 e. The number of aromatic nitrogens is 2. The maximum Gasteiger partial charge on any atom is 0.196 e. The Morgan fingerprint density at radius 2 is 1.74 bits per heavy atom. The Hall–Kier alpha value is -2.59. The topological polar surface area (TPSA) is 43.3 Å². The number of thiazole rings is 1. The van der Waals surface area contributed by atoms with E-state index in [2.05, 4.69) is 36.6 Å². The van der Waals surface area contributed by atoms with Crippen LogP contribution < -0.4 is 5.73 Å². The van der Waals surface area contributed by atoms with Gasteiger partial charge in [-0.25, -0.2) is 4.98 Å². The molecule has 4 heteroatoms. The Morgan fingerprint density at radius 1 is 1.00 bits per heavy atom. The van der Waals surface area contributed by atoms with Crippen molar-refractivity contribution in [1.29, 1.82) is 0 Å². The molecule has 0 atom stereocenters. The second-order valence-electron chi connectivity index (χ2n) is 5.50. The van der Waals surface area contributed by atoms with Crippen molar-refractivity contribution in [3.05, 3.63) is 65.5 Å². The van der Waals surface area contributed by atoms with E-state index in [0.29, 0.717) is 5.82 Å². The fourth-order valence-electron chi connectivity index (χ4n) is 2.80. The van der Waals surface area contributed by atoms with Gasteiger partial charge in [-0.05, 0) is 17.5 Å². The van der Waals surface area contributed by atoms with Crippen molar-refractivity contribution in [1.82, 2.24) is 9.38 Å². The molecule has 2 aromatic heterocycles. The van der Waals surface area contributed by atoms with Gasteiger partial charge in [-0.3, -0.25) is 4.40 Å². The summed E-state index contributed by atoms with van der Waals surface area (Å²) in [5, 5.41) is 2.12. The van der Waals surface area contributed by atoms with Crippen molar-refractivity contribution in [3.63, 3.8) is 0 Å². The Labute approximate surface area is 139 Å². The zero-order valence-corrected chi connectivity index (χ0v) is 13.7. The van der Waals surface area contributed by atoms with Gasteiger partial charge in [0.25, 0.3) is 0 Å². The fourth-order valence-corrected chi connectivity index (χ4v) is 3.71. The summed E-state index contributed by atoms with van der Waals surface area (Å²) in [6, 6.07) is 18.7. The molecular formula is C19H17N3S. The van der Waals surface area contributed by atoms with Crippen LogP contribution >= 0.6 is 11.3 Å². The highest BCUT2D eigenvalue weighted by atomic mass is 32.1. The summed E-state index contributed by atoms with van der Waals surface area (Å²) in [5.74, 6) is 0.696. The lowest BCUT2D eigenvalue weighted by Gasteiger charge is -2.04. The number of anilines is 1. The van der Waals surface area contributed by atoms with Crippen LogP contribution in [0, 0.1) is 0 Å². The summed E-state index contributed by atoms with van der Waals surface area (Å²) >= 11 is 1.62. The molecule has 0 aliphatic heterocycles. The van der Waals surface area contributed by atoms with Crippen LogP contribution in [0.25, 0.3) is 27.5 Å². The van der Waals surface area contributed by atoms with Gasteiger partial charge in [-0.15, -0.1) is 11.3 Å². The Bertz CT molecular complexity index is 950. The summed E-state index contributed by atoms with van der Waals surface area (Å²) in [4.78, 5) is 5.65. The molecule has 0 saturated heterocycles. The smallest absolute Gasteiger partial charge is 0.196 e. The molecule has 2 heterocycles. The number of aryl methyl sites for hydroxylation is 1. The lowest BCUT2D eigenvalue weighted by atomic mass is 10.1. The fraction of sp³-hybridized carbons (Fsp3) is 0.105. The van der Waals surface area contributed by atoms with Gasteiger partial charge in [0.1, 0.15) is 11.5 Å². The van der Waals surface area contributed by atoms with E-state index in [1.807, 2.05) is 34.7 Å². The molecular weight excluding hydrogens is 302 g/mol. The summed E-state index contributed by atoms with van der Waals surface area (Å²) in [6.07, 6.45) is 1.05. The highest BCUT2D eigenvalue weighted by Crippen LogP contribution is 2.34. The summed E-state index contributed by atoms with van der Waals surface area (Å²) in [5.41, 5.74) is 11.9. The quantitative estimate of drug-likeness (QED) is 0.585. The minimum atomic E-state index is 0.696. The van der Waals surface area contributed by atoms with Crippen molar-refractivity contribution in [3.8, 4) is 22.5 Å². The lowest BCUT2D eigenvalue weighted by Crippen LogP contribution is -1.95. The normalized spacial score (nSPS) is 11.2. The first-order chi connectivity index (χ1) is 11.3. The van der Waals surface area contributed by atoms with Gasteiger partial charge in [-0.1, -0.05) is 61.5 Å². The predicted octanol–water partition coefficient (Wildman–Crippen LogP) is 4.87. The van der Waals surface area contributed by atoms with Crippen LogP contribution in [0.5, 0.6) is 0 Å². The van der Waals surface area contributed by atoms with E-state index in [9.17, 15) is 0 Å². The highest BCUT2D eigenvalue weighted by Gasteiger charge is 2.16. The van der Waals surface area contributed by atoms with Crippen LogP contribution in [0.3, 0.4) is 0 Å². The van der Waals surface area contributed by atoms with Gasteiger partial charge < -0.3 is 5.73 Å². The van der Waals surface area contributed by atoms with E-state index in [-0.39, 0.29) is 0 Å². The van der Waals surface area contributed by atoms with E-state index in [0.717, 1.165) is 33.9 Å². The van der Waals surface area contributed by atoms with E-state index in [1.54, 1.807) is 11.3 Å². The molecule has 0 amide bonds. The Balaban J connectivity index is 1.87. The minimum absolute atomic E-state index is 0.696. The molecule has 0 bridgehead atoms. The highest BCUT2D eigenvalue weighted by molar-refractivity contribution is 7.15. The zero-order chi connectivity index (χ0) is 15.8. The van der Waals surface area contributed by atoms with Crippen LogP contribution in [-0.4, -0.2) is 9.38 Å². The molecule has 0 aliphatic rings. The number of imidazole rings is 1. The predicted molar refractivity (Wildman–Crippen MR) is 97.7 cm³/mol. The first kappa shape index (κ1) is 14.0. The number of rotatable bonds is 3. The molecule has 0 fully saturated rings. The number of hydrogen-bond acceptors (Lipinski definition) is 3. The van der Waals surface area contributed by atoms with Crippen molar-refractivity contribution < 1.29 is 0 Å². The molecule has 4 aromatic rings. The number of benzene rings is 2. The van der Waals surface area contributed by atoms with E-state index in [1.165, 1.54) is 5.56 Å². The van der Waals surface area contributed by atoms with Crippen LogP contribution in [0.4, 0.5) is 5.82 Å². The van der Waals surface area contributed by atoms with Crippen LogP contribution in [0.15, 0.2) is 60.0 Å². The van der Waals surface area contributed by atoms with Crippen molar-refractivity contribution in [2.75, 3.05) is 5.73 Å². The summed E-state index contributed by atoms with van der Waals surface area (Å²) in [6.45, 7) is 2.16. The number of fused-ring (bicyclic) bond motifs is 1. The molecule has 0 aliphatic carbocycles. The van der Waals surface area contributed by atoms with Gasteiger partial charge in [0.15, 0.2) is 4.96 Å². The van der Waals surface area contributed by atoms with Gasteiger partial charge in [0, 0.05) is 10.9 Å². The number of nitrogens with zero attached hydrogens (tertiary/aromatic N) is 2. The van der Waals surface area contributed by atoms with Crippen LogP contribution in [0.1, 0.15) is 12.5 Å². The van der Waals surface area contributed by atoms with Gasteiger partial charge in [0.2, 0.25) is 0 Å². The first-order valence-electron chi connectivity index (χ1n) is 7.68. The SMILES string of the molecule is CCc1ccc(-c2csc3nc(-c4ccccc4)c(N)n23)cc1. The molecule has 0 unspecified atom stereocenters. The average molecular weight is 319 g/mol. The first-order valence-corrected chi connectivity index (χ1v) is 8.56. The third kappa shape index (κ3) is 2.32. The molecule has 2 aromatic carbocycles. The third-order valence-corrected chi connectivity index (χ3v) is 4.93. The van der Waals surface area contributed by atoms with Crippen molar-refractivity contribution in [2.45, 2.75) is 13.3 Å². The third-order valence-electron chi connectivity index (χ3n) is 4.10. The van der Waals surface area contributed by atoms with Gasteiger partial charge in [0.05, 0.1) is 5.69 Å². The number of nitrogens with two attached hydrogens (primary N) is 1. The lowest BCUT2D eigenvalue weighted by molar-refractivity contribution is 1.14. The monoisotopic (exact) mass is 319 g/mol. The van der Waals surface area contributed by atoms with E-state index in [4.69, 9.17) is 10.7 Å². The van der Waals surface area contributed by atoms with Crippen LogP contribution in [-0.2, 0) is 6.42 Å². The van der Waals surface area contributed by atoms with Crippen LogP contribution in [0.2, 0.25) is 0 Å².